The first-order valence-corrected chi connectivity index (χ1v) is 3.52. The van der Waals surface area contributed by atoms with E-state index in [-0.39, 0.29) is 32.7 Å². The zero-order valence-corrected chi connectivity index (χ0v) is 9.80. The van der Waals surface area contributed by atoms with Gasteiger partial charge in [-0.15, -0.1) is 0 Å². The fourth-order valence-corrected chi connectivity index (χ4v) is 0.937. The van der Waals surface area contributed by atoms with E-state index < -0.39 is 0 Å². The summed E-state index contributed by atoms with van der Waals surface area (Å²) in [4.78, 5) is 0. The van der Waals surface area contributed by atoms with E-state index in [1.807, 2.05) is 19.1 Å². The van der Waals surface area contributed by atoms with E-state index in [1.165, 1.54) is 5.56 Å². The van der Waals surface area contributed by atoms with Gasteiger partial charge in [0, 0.05) is 32.7 Å². The molecule has 0 saturated carbocycles. The first kappa shape index (κ1) is 11.1. The second-order valence-electron chi connectivity index (χ2n) is 2.47. The zero-order chi connectivity index (χ0) is 7.56. The summed E-state index contributed by atoms with van der Waals surface area (Å²) in [6, 6.07) is 5.70. The fourth-order valence-electron chi connectivity index (χ4n) is 0.937. The Bertz CT molecular complexity index is 233. The third-order valence-electron chi connectivity index (χ3n) is 1.67. The minimum atomic E-state index is 0. The van der Waals surface area contributed by atoms with Gasteiger partial charge in [-0.05, 0) is 30.5 Å². The molecule has 0 bridgehead atoms. The molecule has 0 aliphatic carbocycles. The summed E-state index contributed by atoms with van der Waals surface area (Å²) in [6.07, 6.45) is 1.03. The first-order chi connectivity index (χ1) is 4.74. The van der Waals surface area contributed by atoms with Crippen LogP contribution in [0.1, 0.15) is 18.1 Å². The summed E-state index contributed by atoms with van der Waals surface area (Å²) < 4.78 is 0. The summed E-state index contributed by atoms with van der Waals surface area (Å²) >= 11 is 0. The number of phenolic OH excluding ortho intramolecular Hbond substituents is 1. The summed E-state index contributed by atoms with van der Waals surface area (Å²) in [5.41, 5.74) is 2.23. The van der Waals surface area contributed by atoms with Gasteiger partial charge in [0.05, 0.1) is 0 Å². The van der Waals surface area contributed by atoms with Crippen molar-refractivity contribution in [1.29, 1.82) is 0 Å². The van der Waals surface area contributed by atoms with Crippen molar-refractivity contribution in [1.82, 2.24) is 0 Å². The molecule has 0 aliphatic heterocycles. The summed E-state index contributed by atoms with van der Waals surface area (Å²) in [7, 11) is 0. The molecule has 1 aromatic carbocycles. The second-order valence-corrected chi connectivity index (χ2v) is 2.47. The Kier molecular flexibility index (Phi) is 4.95. The molecule has 1 N–H and O–H groups in total. The normalized spacial score (nSPS) is 8.91. The number of benzene rings is 1. The molecule has 1 aromatic rings. The van der Waals surface area contributed by atoms with Crippen LogP contribution in [0.3, 0.4) is 0 Å². The van der Waals surface area contributed by atoms with Gasteiger partial charge in [0.15, 0.2) is 0 Å². The molecule has 1 radical (unpaired) electrons. The van der Waals surface area contributed by atoms with E-state index in [0.29, 0.717) is 5.75 Å². The van der Waals surface area contributed by atoms with Crippen molar-refractivity contribution in [2.24, 2.45) is 0 Å². The molecule has 0 spiro atoms. The van der Waals surface area contributed by atoms with Crippen molar-refractivity contribution in [2.45, 2.75) is 20.3 Å². The predicted molar refractivity (Wildman–Crippen MR) is 42.2 cm³/mol. The number of hydrogen-bond acceptors (Lipinski definition) is 1. The van der Waals surface area contributed by atoms with Gasteiger partial charge in [-0.25, -0.2) is 0 Å². The van der Waals surface area contributed by atoms with Gasteiger partial charge in [-0.2, -0.15) is 0 Å². The number of aryl methyl sites for hydroxylation is 2. The standard InChI is InChI=1S/C9H12O.Y/c1-3-8-4-5-9(10)7(2)6-8;/h4-6,10H,3H2,1-2H3;. The molecule has 0 heterocycles. The van der Waals surface area contributed by atoms with E-state index in [4.69, 9.17) is 5.11 Å². The third-order valence-corrected chi connectivity index (χ3v) is 1.67. The van der Waals surface area contributed by atoms with Crippen LogP contribution in [0.5, 0.6) is 5.75 Å². The van der Waals surface area contributed by atoms with E-state index in [1.54, 1.807) is 6.07 Å². The Hall–Kier alpha value is 0.124. The van der Waals surface area contributed by atoms with E-state index >= 15 is 0 Å². The Morgan fingerprint density at radius 3 is 2.45 bits per heavy atom. The van der Waals surface area contributed by atoms with Gasteiger partial charge in [0.1, 0.15) is 5.75 Å². The molecular weight excluding hydrogens is 213 g/mol. The maximum atomic E-state index is 9.14. The molecule has 0 unspecified atom stereocenters. The van der Waals surface area contributed by atoms with Crippen molar-refractivity contribution in [3.63, 3.8) is 0 Å². The van der Waals surface area contributed by atoms with Gasteiger partial charge in [-0.3, -0.25) is 0 Å². The van der Waals surface area contributed by atoms with Crippen LogP contribution in [0, 0.1) is 6.92 Å². The fraction of sp³-hybridized carbons (Fsp3) is 0.333. The zero-order valence-electron chi connectivity index (χ0n) is 6.96. The maximum Gasteiger partial charge on any atom is 0.118 e. The molecule has 1 nitrogen and oxygen atoms in total. The van der Waals surface area contributed by atoms with Crippen LogP contribution in [-0.2, 0) is 39.1 Å². The summed E-state index contributed by atoms with van der Waals surface area (Å²) in [5.74, 6) is 0.386. The predicted octanol–water partition coefficient (Wildman–Crippen LogP) is 2.26. The van der Waals surface area contributed by atoms with Crippen LogP contribution in [0.2, 0.25) is 0 Å². The molecule has 57 valence electrons. The molecule has 0 atom stereocenters. The Morgan fingerprint density at radius 1 is 1.36 bits per heavy atom. The molecule has 0 aliphatic rings. The largest absolute Gasteiger partial charge is 0.508 e. The smallest absolute Gasteiger partial charge is 0.118 e. The molecule has 11 heavy (non-hydrogen) atoms. The molecule has 0 saturated heterocycles. The number of rotatable bonds is 1. The minimum Gasteiger partial charge on any atom is -0.508 e. The quantitative estimate of drug-likeness (QED) is 0.777. The summed E-state index contributed by atoms with van der Waals surface area (Å²) in [5, 5.41) is 9.14. The minimum absolute atomic E-state index is 0. The average molecular weight is 225 g/mol. The van der Waals surface area contributed by atoms with Crippen LogP contribution < -0.4 is 0 Å². The Labute approximate surface area is 92.7 Å². The van der Waals surface area contributed by atoms with Crippen LogP contribution in [0.4, 0.5) is 0 Å². The molecule has 2 heteroatoms. The van der Waals surface area contributed by atoms with Crippen LogP contribution >= 0.6 is 0 Å². The number of phenols is 1. The third kappa shape index (κ3) is 2.92. The van der Waals surface area contributed by atoms with E-state index in [0.717, 1.165) is 12.0 Å². The maximum absolute atomic E-state index is 9.14. The van der Waals surface area contributed by atoms with Crippen molar-refractivity contribution >= 4 is 0 Å². The number of hydrogen-bond donors (Lipinski definition) is 1. The summed E-state index contributed by atoms with van der Waals surface area (Å²) in [6.45, 7) is 4.01. The first-order valence-electron chi connectivity index (χ1n) is 3.52. The van der Waals surface area contributed by atoms with Crippen LogP contribution in [0.15, 0.2) is 18.2 Å². The Balaban J connectivity index is 0.000001000. The number of aromatic hydroxyl groups is 1. The second kappa shape index (κ2) is 4.89. The van der Waals surface area contributed by atoms with E-state index in [2.05, 4.69) is 6.92 Å². The van der Waals surface area contributed by atoms with Gasteiger partial charge >= 0.3 is 0 Å². The Morgan fingerprint density at radius 2 is 2.00 bits per heavy atom. The SMILES string of the molecule is CCc1ccc(O)c(C)c1.[Y]. The van der Waals surface area contributed by atoms with Gasteiger partial charge in [0.25, 0.3) is 0 Å². The molecule has 1 rings (SSSR count). The molecule has 0 fully saturated rings. The molecular formula is C9H12OY. The van der Waals surface area contributed by atoms with Gasteiger partial charge in [-0.1, -0.05) is 19.1 Å². The average Bonchev–Trinajstić information content (AvgIpc) is 1.95. The molecule has 0 amide bonds. The monoisotopic (exact) mass is 225 g/mol. The van der Waals surface area contributed by atoms with Gasteiger partial charge in [0.2, 0.25) is 0 Å². The van der Waals surface area contributed by atoms with Crippen LogP contribution in [0.25, 0.3) is 0 Å². The topological polar surface area (TPSA) is 20.2 Å². The van der Waals surface area contributed by atoms with Crippen molar-refractivity contribution in [3.05, 3.63) is 29.3 Å². The van der Waals surface area contributed by atoms with Crippen LogP contribution in [-0.4, -0.2) is 5.11 Å². The van der Waals surface area contributed by atoms with E-state index in [9.17, 15) is 0 Å². The van der Waals surface area contributed by atoms with Crippen molar-refractivity contribution < 1.29 is 37.8 Å². The molecule has 0 aromatic heterocycles. The van der Waals surface area contributed by atoms with Crippen molar-refractivity contribution in [2.75, 3.05) is 0 Å². The van der Waals surface area contributed by atoms with Crippen molar-refractivity contribution in [3.8, 4) is 5.75 Å². The van der Waals surface area contributed by atoms with Gasteiger partial charge < -0.3 is 5.11 Å².